The molecule has 0 bridgehead atoms. The van der Waals surface area contributed by atoms with Crippen LogP contribution in [0.25, 0.3) is 5.69 Å². The third-order valence-corrected chi connectivity index (χ3v) is 4.91. The number of carbonyl (C=O) groups is 1. The zero-order valence-electron chi connectivity index (χ0n) is 15.7. The second-order valence-electron chi connectivity index (χ2n) is 6.25. The van der Waals surface area contributed by atoms with Crippen LogP contribution in [-0.2, 0) is 0 Å². The molecule has 1 aromatic heterocycles. The van der Waals surface area contributed by atoms with Crippen LogP contribution in [0.2, 0.25) is 0 Å². The minimum Gasteiger partial charge on any atom is -0.503 e. The van der Waals surface area contributed by atoms with Crippen molar-refractivity contribution >= 4 is 28.1 Å². The summed E-state index contributed by atoms with van der Waals surface area (Å²) in [5.74, 6) is 0.0128. The average Bonchev–Trinajstić information content (AvgIpc) is 3.02. The predicted octanol–water partition coefficient (Wildman–Crippen LogP) is 4.33. The lowest BCUT2D eigenvalue weighted by Gasteiger charge is -2.10. The van der Waals surface area contributed by atoms with Gasteiger partial charge in [-0.3, -0.25) is 4.79 Å². The Balaban J connectivity index is 1.70. The normalized spacial score (nSPS) is 11.0. The first-order chi connectivity index (χ1) is 13.4. The van der Waals surface area contributed by atoms with Crippen LogP contribution >= 0.6 is 15.9 Å². The number of methoxy groups -OCH3 is 1. The van der Waals surface area contributed by atoms with E-state index >= 15 is 0 Å². The van der Waals surface area contributed by atoms with E-state index in [0.717, 1.165) is 17.1 Å². The van der Waals surface area contributed by atoms with Crippen molar-refractivity contribution in [3.05, 3.63) is 75.5 Å². The number of nitrogens with one attached hydrogen (secondary N) is 1. The van der Waals surface area contributed by atoms with Crippen LogP contribution in [0.5, 0.6) is 11.5 Å². The lowest BCUT2D eigenvalue weighted by Crippen LogP contribution is -2.17. The number of halogens is 1. The van der Waals surface area contributed by atoms with Gasteiger partial charge in [-0.05, 0) is 83.9 Å². The van der Waals surface area contributed by atoms with Gasteiger partial charge in [-0.15, -0.1) is 0 Å². The number of aromatic nitrogens is 1. The third-order valence-electron chi connectivity index (χ3n) is 4.31. The molecule has 2 aromatic carbocycles. The van der Waals surface area contributed by atoms with Gasteiger partial charge in [0.1, 0.15) is 0 Å². The largest absolute Gasteiger partial charge is 0.503 e. The Hall–Kier alpha value is -3.06. The quantitative estimate of drug-likeness (QED) is 0.456. The van der Waals surface area contributed by atoms with E-state index in [1.54, 1.807) is 24.3 Å². The van der Waals surface area contributed by atoms with Crippen molar-refractivity contribution in [2.45, 2.75) is 13.8 Å². The fourth-order valence-corrected chi connectivity index (χ4v) is 3.35. The number of hydrogen-bond acceptors (Lipinski definition) is 4. The summed E-state index contributed by atoms with van der Waals surface area (Å²) < 4.78 is 7.69. The zero-order valence-corrected chi connectivity index (χ0v) is 17.3. The first-order valence-electron chi connectivity index (χ1n) is 8.56. The Morgan fingerprint density at radius 1 is 1.14 bits per heavy atom. The van der Waals surface area contributed by atoms with Gasteiger partial charge in [-0.2, -0.15) is 5.10 Å². The van der Waals surface area contributed by atoms with Crippen LogP contribution in [0.3, 0.4) is 0 Å². The number of aryl methyl sites for hydroxylation is 2. The van der Waals surface area contributed by atoms with E-state index in [1.807, 2.05) is 26.0 Å². The molecule has 0 saturated heterocycles. The summed E-state index contributed by atoms with van der Waals surface area (Å²) in [5.41, 5.74) is 6.94. The number of rotatable bonds is 5. The van der Waals surface area contributed by atoms with Crippen LogP contribution in [0.1, 0.15) is 27.3 Å². The molecular formula is C21H20BrN3O3. The van der Waals surface area contributed by atoms with Gasteiger partial charge in [0, 0.05) is 22.6 Å². The Morgan fingerprint density at radius 2 is 1.79 bits per heavy atom. The average molecular weight is 442 g/mol. The van der Waals surface area contributed by atoms with Gasteiger partial charge in [-0.1, -0.05) is 0 Å². The van der Waals surface area contributed by atoms with Crippen molar-refractivity contribution in [2.75, 3.05) is 7.11 Å². The monoisotopic (exact) mass is 441 g/mol. The molecule has 7 heteroatoms. The molecule has 1 amide bonds. The number of phenolic OH excluding ortho intramolecular Hbond substituents is 1. The summed E-state index contributed by atoms with van der Waals surface area (Å²) in [7, 11) is 1.46. The number of benzene rings is 2. The van der Waals surface area contributed by atoms with Crippen molar-refractivity contribution in [1.29, 1.82) is 0 Å². The highest BCUT2D eigenvalue weighted by Crippen LogP contribution is 2.34. The first kappa shape index (κ1) is 19.7. The zero-order chi connectivity index (χ0) is 20.3. The van der Waals surface area contributed by atoms with E-state index in [2.05, 4.69) is 43.2 Å². The molecule has 0 aliphatic rings. The van der Waals surface area contributed by atoms with E-state index in [9.17, 15) is 9.90 Å². The van der Waals surface area contributed by atoms with Gasteiger partial charge in [0.05, 0.1) is 17.8 Å². The van der Waals surface area contributed by atoms with E-state index in [1.165, 1.54) is 13.3 Å². The van der Waals surface area contributed by atoms with E-state index < -0.39 is 0 Å². The SMILES string of the molecule is COc1cc(/C=N/NC(=O)c2ccc(-n3c(C)ccc3C)cc2)cc(Br)c1O. The number of hydrazone groups is 1. The molecule has 0 aliphatic heterocycles. The summed E-state index contributed by atoms with van der Waals surface area (Å²) in [6.45, 7) is 4.08. The molecular weight excluding hydrogens is 422 g/mol. The molecule has 0 fully saturated rings. The van der Waals surface area contributed by atoms with E-state index in [4.69, 9.17) is 4.74 Å². The van der Waals surface area contributed by atoms with Crippen LogP contribution in [0.15, 0.2) is 58.1 Å². The molecule has 28 heavy (non-hydrogen) atoms. The van der Waals surface area contributed by atoms with E-state index in [0.29, 0.717) is 21.3 Å². The van der Waals surface area contributed by atoms with Crippen molar-refractivity contribution in [1.82, 2.24) is 9.99 Å². The molecule has 2 N–H and O–H groups in total. The van der Waals surface area contributed by atoms with Crippen molar-refractivity contribution in [3.63, 3.8) is 0 Å². The molecule has 0 unspecified atom stereocenters. The van der Waals surface area contributed by atoms with Crippen LogP contribution < -0.4 is 10.2 Å². The minimum absolute atomic E-state index is 0.0111. The van der Waals surface area contributed by atoms with Gasteiger partial charge in [0.2, 0.25) is 0 Å². The van der Waals surface area contributed by atoms with Gasteiger partial charge in [-0.25, -0.2) is 5.43 Å². The predicted molar refractivity (Wildman–Crippen MR) is 113 cm³/mol. The summed E-state index contributed by atoms with van der Waals surface area (Å²) in [5, 5.41) is 13.8. The standard InChI is InChI=1S/C21H20BrN3O3/c1-13-4-5-14(2)25(13)17-8-6-16(7-9-17)21(27)24-23-12-15-10-18(22)20(26)19(11-15)28-3/h4-12,26H,1-3H3,(H,24,27)/b23-12+. The molecule has 0 atom stereocenters. The van der Waals surface area contributed by atoms with Gasteiger partial charge < -0.3 is 14.4 Å². The highest BCUT2D eigenvalue weighted by molar-refractivity contribution is 9.10. The fraction of sp³-hybridized carbons (Fsp3) is 0.143. The summed E-state index contributed by atoms with van der Waals surface area (Å²) in [6, 6.07) is 14.7. The molecule has 6 nitrogen and oxygen atoms in total. The molecule has 0 saturated carbocycles. The van der Waals surface area contributed by atoms with Crippen molar-refractivity contribution in [2.24, 2.45) is 5.10 Å². The molecule has 0 radical (unpaired) electrons. The Bertz CT molecular complexity index is 1020. The van der Waals surface area contributed by atoms with Crippen molar-refractivity contribution in [3.8, 4) is 17.2 Å². The maximum absolute atomic E-state index is 12.3. The van der Waals surface area contributed by atoms with Crippen LogP contribution in [0, 0.1) is 13.8 Å². The number of aromatic hydroxyl groups is 1. The van der Waals surface area contributed by atoms with Gasteiger partial charge in [0.25, 0.3) is 5.91 Å². The maximum Gasteiger partial charge on any atom is 0.271 e. The smallest absolute Gasteiger partial charge is 0.271 e. The summed E-state index contributed by atoms with van der Waals surface area (Å²) in [4.78, 5) is 12.3. The molecule has 144 valence electrons. The van der Waals surface area contributed by atoms with Crippen molar-refractivity contribution < 1.29 is 14.6 Å². The lowest BCUT2D eigenvalue weighted by molar-refractivity contribution is 0.0955. The second-order valence-corrected chi connectivity index (χ2v) is 7.11. The maximum atomic E-state index is 12.3. The van der Waals surface area contributed by atoms with Gasteiger partial charge in [0.15, 0.2) is 11.5 Å². The number of amides is 1. The molecule has 3 aromatic rings. The summed E-state index contributed by atoms with van der Waals surface area (Å²) >= 11 is 3.25. The number of hydrogen-bond donors (Lipinski definition) is 2. The Labute approximate surface area is 171 Å². The third kappa shape index (κ3) is 4.09. The van der Waals surface area contributed by atoms with Gasteiger partial charge >= 0.3 is 0 Å². The lowest BCUT2D eigenvalue weighted by atomic mass is 10.2. The molecule has 0 aliphatic carbocycles. The Kier molecular flexibility index (Phi) is 5.84. The molecule has 0 spiro atoms. The Morgan fingerprint density at radius 3 is 2.39 bits per heavy atom. The number of nitrogens with zero attached hydrogens (tertiary/aromatic N) is 2. The second kappa shape index (κ2) is 8.31. The van der Waals surface area contributed by atoms with Crippen LogP contribution in [0.4, 0.5) is 0 Å². The number of carbonyl (C=O) groups excluding carboxylic acids is 1. The fourth-order valence-electron chi connectivity index (χ4n) is 2.89. The minimum atomic E-state index is -0.312. The molecule has 1 heterocycles. The molecule has 3 rings (SSSR count). The highest BCUT2D eigenvalue weighted by Gasteiger charge is 2.09. The first-order valence-corrected chi connectivity index (χ1v) is 9.35. The highest BCUT2D eigenvalue weighted by atomic mass is 79.9. The number of phenols is 1. The van der Waals surface area contributed by atoms with E-state index in [-0.39, 0.29) is 11.7 Å². The summed E-state index contributed by atoms with van der Waals surface area (Å²) in [6.07, 6.45) is 1.48. The van der Waals surface area contributed by atoms with Crippen LogP contribution in [-0.4, -0.2) is 28.9 Å². The topological polar surface area (TPSA) is 75.8 Å². The number of ether oxygens (including phenoxy) is 1.